The Morgan fingerprint density at radius 1 is 1.00 bits per heavy atom. The van der Waals surface area contributed by atoms with Gasteiger partial charge < -0.3 is 9.47 Å². The zero-order valence-electron chi connectivity index (χ0n) is 15.1. The quantitative estimate of drug-likeness (QED) is 0.443. The van der Waals surface area contributed by atoms with Crippen molar-refractivity contribution >= 4 is 49.8 Å². The number of ether oxygens (including phenoxy) is 2. The van der Waals surface area contributed by atoms with Gasteiger partial charge in [-0.25, -0.2) is 4.79 Å². The monoisotopic (exact) mass is 402 g/mol. The molecule has 0 N–H and O–H groups in total. The molecule has 1 unspecified atom stereocenters. The topological polar surface area (TPSA) is 69.7 Å². The number of carbonyl (C=O) groups is 3. The number of methoxy groups -OCH3 is 2. The third-order valence-electron chi connectivity index (χ3n) is 4.27. The van der Waals surface area contributed by atoms with Gasteiger partial charge in [0.25, 0.3) is 0 Å². The second-order valence-electron chi connectivity index (χ2n) is 5.89. The minimum Gasteiger partial charge on any atom is -0.469 e. The zero-order valence-corrected chi connectivity index (χ0v) is 16.7. The van der Waals surface area contributed by atoms with Crippen LogP contribution in [0.3, 0.4) is 0 Å². The van der Waals surface area contributed by atoms with E-state index < -0.39 is 5.92 Å². The molecule has 0 bridgehead atoms. The Bertz CT molecular complexity index is 983. The highest BCUT2D eigenvalue weighted by Gasteiger charge is 2.22. The van der Waals surface area contributed by atoms with Gasteiger partial charge in [-0.1, -0.05) is 25.1 Å². The van der Waals surface area contributed by atoms with Crippen LogP contribution in [0.2, 0.25) is 0 Å². The van der Waals surface area contributed by atoms with E-state index in [-0.39, 0.29) is 17.7 Å². The lowest BCUT2D eigenvalue weighted by molar-refractivity contribution is -0.142. The van der Waals surface area contributed by atoms with E-state index >= 15 is 0 Å². The zero-order chi connectivity index (χ0) is 19.6. The van der Waals surface area contributed by atoms with Crippen molar-refractivity contribution in [3.8, 4) is 0 Å². The fourth-order valence-electron chi connectivity index (χ4n) is 2.87. The lowest BCUT2D eigenvalue weighted by atomic mass is 9.94. The Morgan fingerprint density at radius 2 is 1.70 bits per heavy atom. The number of thiophene rings is 2. The minimum atomic E-state index is -0.391. The van der Waals surface area contributed by atoms with Crippen molar-refractivity contribution < 1.29 is 23.9 Å². The van der Waals surface area contributed by atoms with E-state index in [1.54, 1.807) is 30.3 Å². The molecule has 140 valence electrons. The SMILES string of the molecule is CCC(C(=O)OC)c1cccc(C(=O)c2cc3cc(C(=O)OC)sc3s2)c1. The predicted octanol–water partition coefficient (Wildman–Crippen LogP) is 4.65. The van der Waals surface area contributed by atoms with Gasteiger partial charge in [0.1, 0.15) is 4.88 Å². The average molecular weight is 402 g/mol. The number of rotatable bonds is 6. The highest BCUT2D eigenvalue weighted by atomic mass is 32.2. The van der Waals surface area contributed by atoms with Gasteiger partial charge in [0, 0.05) is 10.9 Å². The average Bonchev–Trinajstić information content (AvgIpc) is 3.26. The van der Waals surface area contributed by atoms with Crippen LogP contribution in [-0.4, -0.2) is 31.9 Å². The third-order valence-corrected chi connectivity index (χ3v) is 6.64. The summed E-state index contributed by atoms with van der Waals surface area (Å²) in [6.07, 6.45) is 0.593. The standard InChI is InChI=1S/C20H18O5S2/c1-4-14(18(22)24-2)11-6-5-7-12(8-11)17(21)15-9-13-10-16(19(23)25-3)27-20(13)26-15/h5-10,14H,4H2,1-3H3. The van der Waals surface area contributed by atoms with Gasteiger partial charge in [0.15, 0.2) is 0 Å². The molecular formula is C20H18O5S2. The Hall–Kier alpha value is -2.51. The molecule has 0 aliphatic heterocycles. The summed E-state index contributed by atoms with van der Waals surface area (Å²) < 4.78 is 10.5. The molecule has 5 nitrogen and oxygen atoms in total. The molecule has 3 aromatic rings. The van der Waals surface area contributed by atoms with Crippen LogP contribution in [0.1, 0.15) is 49.7 Å². The Morgan fingerprint density at radius 3 is 2.33 bits per heavy atom. The van der Waals surface area contributed by atoms with Gasteiger partial charge >= 0.3 is 11.9 Å². The number of hydrogen-bond acceptors (Lipinski definition) is 7. The lowest BCUT2D eigenvalue weighted by Crippen LogP contribution is -2.14. The van der Waals surface area contributed by atoms with Crippen molar-refractivity contribution in [1.82, 2.24) is 0 Å². The molecule has 2 heterocycles. The molecule has 1 aromatic carbocycles. The van der Waals surface area contributed by atoms with Gasteiger partial charge in [0.05, 0.1) is 29.0 Å². The maximum atomic E-state index is 12.9. The molecular weight excluding hydrogens is 384 g/mol. The first-order valence-electron chi connectivity index (χ1n) is 8.32. The van der Waals surface area contributed by atoms with E-state index in [1.165, 1.54) is 36.9 Å². The van der Waals surface area contributed by atoms with Crippen molar-refractivity contribution in [3.05, 3.63) is 57.3 Å². The van der Waals surface area contributed by atoms with Gasteiger partial charge in [-0.15, -0.1) is 22.7 Å². The molecule has 0 fully saturated rings. The van der Waals surface area contributed by atoms with Gasteiger partial charge in [-0.2, -0.15) is 0 Å². The van der Waals surface area contributed by atoms with Crippen LogP contribution in [0.25, 0.3) is 9.40 Å². The number of esters is 2. The number of ketones is 1. The van der Waals surface area contributed by atoms with Crippen molar-refractivity contribution in [3.63, 3.8) is 0 Å². The highest BCUT2D eigenvalue weighted by Crippen LogP contribution is 2.35. The molecule has 0 amide bonds. The molecule has 7 heteroatoms. The molecule has 1 atom stereocenters. The van der Waals surface area contributed by atoms with Crippen LogP contribution in [0.15, 0.2) is 36.4 Å². The van der Waals surface area contributed by atoms with E-state index in [1.807, 2.05) is 13.0 Å². The van der Waals surface area contributed by atoms with Gasteiger partial charge in [-0.3, -0.25) is 9.59 Å². The first kappa shape index (κ1) is 19.3. The van der Waals surface area contributed by atoms with Gasteiger partial charge in [0.2, 0.25) is 5.78 Å². The molecule has 0 saturated heterocycles. The van der Waals surface area contributed by atoms with Crippen molar-refractivity contribution in [2.75, 3.05) is 14.2 Å². The Labute approximate surface area is 164 Å². The smallest absolute Gasteiger partial charge is 0.348 e. The molecule has 0 aliphatic carbocycles. The van der Waals surface area contributed by atoms with Crippen LogP contribution in [0, 0.1) is 0 Å². The minimum absolute atomic E-state index is 0.107. The summed E-state index contributed by atoms with van der Waals surface area (Å²) in [5, 5.41) is 0.853. The second-order valence-corrected chi connectivity index (χ2v) is 8.26. The Kier molecular flexibility index (Phi) is 5.72. The summed E-state index contributed by atoms with van der Waals surface area (Å²) in [6, 6.07) is 10.6. The van der Waals surface area contributed by atoms with Crippen molar-refractivity contribution in [2.45, 2.75) is 19.3 Å². The maximum absolute atomic E-state index is 12.9. The maximum Gasteiger partial charge on any atom is 0.348 e. The van der Waals surface area contributed by atoms with Crippen molar-refractivity contribution in [1.29, 1.82) is 0 Å². The molecule has 0 saturated carbocycles. The first-order valence-corrected chi connectivity index (χ1v) is 9.96. The molecule has 0 radical (unpaired) electrons. The van der Waals surface area contributed by atoms with E-state index in [0.717, 1.165) is 15.0 Å². The molecule has 2 aromatic heterocycles. The third kappa shape index (κ3) is 3.79. The molecule has 0 aliphatic rings. The molecule has 0 spiro atoms. The van der Waals surface area contributed by atoms with Crippen LogP contribution in [0.4, 0.5) is 0 Å². The fourth-order valence-corrected chi connectivity index (χ4v) is 5.20. The van der Waals surface area contributed by atoms with Crippen LogP contribution < -0.4 is 0 Å². The highest BCUT2D eigenvalue weighted by molar-refractivity contribution is 7.39. The summed E-state index contributed by atoms with van der Waals surface area (Å²) in [5.74, 6) is -1.19. The largest absolute Gasteiger partial charge is 0.469 e. The number of benzene rings is 1. The normalized spacial score (nSPS) is 12.0. The summed E-state index contributed by atoms with van der Waals surface area (Å²) >= 11 is 2.66. The fraction of sp³-hybridized carbons (Fsp3) is 0.250. The van der Waals surface area contributed by atoms with Gasteiger partial charge in [-0.05, 0) is 30.2 Å². The first-order chi connectivity index (χ1) is 13.0. The van der Waals surface area contributed by atoms with E-state index in [4.69, 9.17) is 9.47 Å². The molecule has 3 rings (SSSR count). The summed E-state index contributed by atoms with van der Waals surface area (Å²) in [4.78, 5) is 37.6. The molecule has 27 heavy (non-hydrogen) atoms. The summed E-state index contributed by atoms with van der Waals surface area (Å²) in [7, 11) is 2.71. The number of hydrogen-bond donors (Lipinski definition) is 0. The predicted molar refractivity (Wildman–Crippen MR) is 106 cm³/mol. The lowest BCUT2D eigenvalue weighted by Gasteiger charge is -2.13. The van der Waals surface area contributed by atoms with E-state index in [9.17, 15) is 14.4 Å². The summed E-state index contributed by atoms with van der Waals surface area (Å²) in [5.41, 5.74) is 1.29. The summed E-state index contributed by atoms with van der Waals surface area (Å²) in [6.45, 7) is 1.91. The number of fused-ring (bicyclic) bond motifs is 1. The van der Waals surface area contributed by atoms with E-state index in [0.29, 0.717) is 21.7 Å². The number of carbonyl (C=O) groups excluding carboxylic acids is 3. The van der Waals surface area contributed by atoms with E-state index in [2.05, 4.69) is 0 Å². The van der Waals surface area contributed by atoms with Crippen molar-refractivity contribution in [2.24, 2.45) is 0 Å². The Balaban J connectivity index is 1.90. The van der Waals surface area contributed by atoms with Crippen LogP contribution in [-0.2, 0) is 14.3 Å². The van der Waals surface area contributed by atoms with Crippen LogP contribution in [0.5, 0.6) is 0 Å². The van der Waals surface area contributed by atoms with Crippen LogP contribution >= 0.6 is 22.7 Å². The second kappa shape index (κ2) is 8.02.